The first-order valence-electron chi connectivity index (χ1n) is 7.05. The molecule has 3 aromatic rings. The molecule has 122 valence electrons. The summed E-state index contributed by atoms with van der Waals surface area (Å²) in [7, 11) is 0. The number of nitrogens with zero attached hydrogens (tertiary/aromatic N) is 1. The lowest BCUT2D eigenvalue weighted by Gasteiger charge is -2.07. The number of carbonyl (C=O) groups excluding carboxylic acids is 2. The first-order valence-corrected chi connectivity index (χ1v) is 7.84. The van der Waals surface area contributed by atoms with E-state index < -0.39 is 5.91 Å². The first-order chi connectivity index (χ1) is 11.6. The van der Waals surface area contributed by atoms with E-state index in [0.717, 1.165) is 11.3 Å². The minimum absolute atomic E-state index is 0.138. The molecule has 0 saturated carbocycles. The Bertz CT molecular complexity index is 841. The summed E-state index contributed by atoms with van der Waals surface area (Å²) in [5.74, 6) is -0.646. The molecular formula is C16H13BrN4O3. The van der Waals surface area contributed by atoms with Crippen molar-refractivity contribution < 1.29 is 14.0 Å². The third kappa shape index (κ3) is 3.90. The molecule has 2 heterocycles. The summed E-state index contributed by atoms with van der Waals surface area (Å²) >= 11 is 3.11. The van der Waals surface area contributed by atoms with Gasteiger partial charge in [0, 0.05) is 11.9 Å². The molecule has 0 aliphatic heterocycles. The molecule has 0 atom stereocenters. The Labute approximate surface area is 145 Å². The largest absolute Gasteiger partial charge is 0.444 e. The zero-order chi connectivity index (χ0) is 16.9. The van der Waals surface area contributed by atoms with Crippen LogP contribution in [0.4, 0.5) is 5.69 Å². The summed E-state index contributed by atoms with van der Waals surface area (Å²) < 4.78 is 5.56. The number of rotatable bonds is 5. The minimum atomic E-state index is -0.453. The highest BCUT2D eigenvalue weighted by molar-refractivity contribution is 9.10. The predicted molar refractivity (Wildman–Crippen MR) is 91.4 cm³/mol. The van der Waals surface area contributed by atoms with Crippen LogP contribution in [0, 0.1) is 0 Å². The summed E-state index contributed by atoms with van der Waals surface area (Å²) in [6.07, 6.45) is 1.67. The van der Waals surface area contributed by atoms with Crippen LogP contribution in [0.15, 0.2) is 57.7 Å². The lowest BCUT2D eigenvalue weighted by molar-refractivity contribution is -0.115. The Kier molecular flexibility index (Phi) is 4.76. The second-order valence-electron chi connectivity index (χ2n) is 4.88. The Morgan fingerprint density at radius 2 is 1.92 bits per heavy atom. The zero-order valence-corrected chi connectivity index (χ0v) is 14.0. The number of H-pyrrole nitrogens is 1. The highest BCUT2D eigenvalue weighted by Crippen LogP contribution is 2.18. The number of anilines is 1. The van der Waals surface area contributed by atoms with E-state index in [1.807, 2.05) is 18.2 Å². The van der Waals surface area contributed by atoms with Crippen LogP contribution < -0.4 is 10.6 Å². The molecular weight excluding hydrogens is 376 g/mol. The monoisotopic (exact) mass is 388 g/mol. The third-order valence-corrected chi connectivity index (χ3v) is 3.61. The van der Waals surface area contributed by atoms with Crippen LogP contribution in [0.3, 0.4) is 0 Å². The van der Waals surface area contributed by atoms with Gasteiger partial charge in [-0.15, -0.1) is 0 Å². The molecule has 24 heavy (non-hydrogen) atoms. The number of nitrogens with one attached hydrogen (secondary N) is 3. The topological polar surface area (TPSA) is 100 Å². The summed E-state index contributed by atoms with van der Waals surface area (Å²) in [6.45, 7) is -0.153. The Hall–Kier alpha value is -2.87. The summed E-state index contributed by atoms with van der Waals surface area (Å²) in [6, 6.07) is 12.3. The van der Waals surface area contributed by atoms with Crippen LogP contribution in [-0.2, 0) is 4.79 Å². The molecule has 0 spiro atoms. The second-order valence-corrected chi connectivity index (χ2v) is 5.66. The average Bonchev–Trinajstić information content (AvgIpc) is 3.25. The fraction of sp³-hybridized carbons (Fsp3) is 0.0625. The van der Waals surface area contributed by atoms with E-state index in [4.69, 9.17) is 4.42 Å². The fourth-order valence-electron chi connectivity index (χ4n) is 2.04. The molecule has 0 bridgehead atoms. The van der Waals surface area contributed by atoms with Gasteiger partial charge in [-0.3, -0.25) is 14.7 Å². The van der Waals surface area contributed by atoms with Crippen molar-refractivity contribution in [3.63, 3.8) is 0 Å². The number of aromatic nitrogens is 2. The van der Waals surface area contributed by atoms with Crippen LogP contribution in [0.2, 0.25) is 0 Å². The van der Waals surface area contributed by atoms with E-state index in [1.54, 1.807) is 24.4 Å². The lowest BCUT2D eigenvalue weighted by Crippen LogP contribution is -2.32. The standard InChI is InChI=1S/C16H13BrN4O3/c17-14-6-5-13(24-14)16(23)18-9-15(22)20-11-3-1-10(2-4-11)12-7-8-19-21-12/h1-8H,9H2,(H,18,23)(H,19,21)(H,20,22). The van der Waals surface area contributed by atoms with Gasteiger partial charge in [0.2, 0.25) is 5.91 Å². The lowest BCUT2D eigenvalue weighted by atomic mass is 10.1. The van der Waals surface area contributed by atoms with E-state index in [2.05, 4.69) is 36.8 Å². The molecule has 0 aliphatic rings. The van der Waals surface area contributed by atoms with Gasteiger partial charge in [0.15, 0.2) is 10.4 Å². The van der Waals surface area contributed by atoms with E-state index in [0.29, 0.717) is 10.4 Å². The van der Waals surface area contributed by atoms with Crippen molar-refractivity contribution in [2.24, 2.45) is 0 Å². The van der Waals surface area contributed by atoms with Gasteiger partial charge in [0.1, 0.15) is 0 Å². The predicted octanol–water partition coefficient (Wildman–Crippen LogP) is 2.80. The van der Waals surface area contributed by atoms with Gasteiger partial charge < -0.3 is 15.1 Å². The van der Waals surface area contributed by atoms with Gasteiger partial charge in [-0.2, -0.15) is 5.10 Å². The minimum Gasteiger partial charge on any atom is -0.444 e. The number of amides is 2. The van der Waals surface area contributed by atoms with Crippen LogP contribution in [0.1, 0.15) is 10.6 Å². The van der Waals surface area contributed by atoms with E-state index in [-0.39, 0.29) is 18.2 Å². The molecule has 7 nitrogen and oxygen atoms in total. The fourth-order valence-corrected chi connectivity index (χ4v) is 2.35. The number of hydrogen-bond donors (Lipinski definition) is 3. The molecule has 3 rings (SSSR count). The van der Waals surface area contributed by atoms with Crippen molar-refractivity contribution >= 4 is 33.4 Å². The summed E-state index contributed by atoms with van der Waals surface area (Å²) in [4.78, 5) is 23.7. The number of halogens is 1. The van der Waals surface area contributed by atoms with Crippen LogP contribution in [-0.4, -0.2) is 28.6 Å². The van der Waals surface area contributed by atoms with Crippen molar-refractivity contribution in [1.29, 1.82) is 0 Å². The summed E-state index contributed by atoms with van der Waals surface area (Å²) in [5, 5.41) is 12.0. The van der Waals surface area contributed by atoms with Gasteiger partial charge in [-0.05, 0) is 51.8 Å². The van der Waals surface area contributed by atoms with Gasteiger partial charge in [0.25, 0.3) is 5.91 Å². The van der Waals surface area contributed by atoms with Crippen LogP contribution in [0.5, 0.6) is 0 Å². The molecule has 0 aliphatic carbocycles. The number of aromatic amines is 1. The quantitative estimate of drug-likeness (QED) is 0.625. The maximum atomic E-state index is 11.9. The molecule has 3 N–H and O–H groups in total. The summed E-state index contributed by atoms with van der Waals surface area (Å²) in [5.41, 5.74) is 2.49. The van der Waals surface area contributed by atoms with Crippen LogP contribution >= 0.6 is 15.9 Å². The number of benzene rings is 1. The Balaban J connectivity index is 1.52. The maximum Gasteiger partial charge on any atom is 0.287 e. The maximum absolute atomic E-state index is 11.9. The van der Waals surface area contributed by atoms with E-state index >= 15 is 0 Å². The molecule has 1 aromatic carbocycles. The number of carbonyl (C=O) groups is 2. The first kappa shape index (κ1) is 16.0. The van der Waals surface area contributed by atoms with Crippen molar-refractivity contribution in [2.75, 3.05) is 11.9 Å². The molecule has 8 heteroatoms. The van der Waals surface area contributed by atoms with Gasteiger partial charge in [-0.1, -0.05) is 12.1 Å². The van der Waals surface area contributed by atoms with Crippen molar-refractivity contribution in [3.05, 3.63) is 59.1 Å². The van der Waals surface area contributed by atoms with Gasteiger partial charge in [-0.25, -0.2) is 0 Å². The molecule has 0 radical (unpaired) electrons. The highest BCUT2D eigenvalue weighted by Gasteiger charge is 2.12. The smallest absolute Gasteiger partial charge is 0.287 e. The Morgan fingerprint density at radius 1 is 1.12 bits per heavy atom. The van der Waals surface area contributed by atoms with Gasteiger partial charge >= 0.3 is 0 Å². The second kappa shape index (κ2) is 7.14. The molecule has 0 saturated heterocycles. The molecule has 2 amide bonds. The third-order valence-electron chi connectivity index (χ3n) is 3.19. The van der Waals surface area contributed by atoms with Gasteiger partial charge in [0.05, 0.1) is 12.2 Å². The van der Waals surface area contributed by atoms with Crippen molar-refractivity contribution in [3.8, 4) is 11.3 Å². The SMILES string of the molecule is O=C(CNC(=O)c1ccc(Br)o1)Nc1ccc(-c2ccn[nH]2)cc1. The van der Waals surface area contributed by atoms with Crippen molar-refractivity contribution in [2.45, 2.75) is 0 Å². The molecule has 0 unspecified atom stereocenters. The number of furan rings is 1. The normalized spacial score (nSPS) is 10.4. The number of hydrogen-bond acceptors (Lipinski definition) is 4. The average molecular weight is 389 g/mol. The Morgan fingerprint density at radius 3 is 2.54 bits per heavy atom. The molecule has 2 aromatic heterocycles. The highest BCUT2D eigenvalue weighted by atomic mass is 79.9. The van der Waals surface area contributed by atoms with Crippen LogP contribution in [0.25, 0.3) is 11.3 Å². The molecule has 0 fully saturated rings. The van der Waals surface area contributed by atoms with E-state index in [1.165, 1.54) is 6.07 Å². The van der Waals surface area contributed by atoms with E-state index in [9.17, 15) is 9.59 Å². The zero-order valence-electron chi connectivity index (χ0n) is 12.4. The van der Waals surface area contributed by atoms with Crippen molar-refractivity contribution in [1.82, 2.24) is 15.5 Å².